The molecular weight excluding hydrogens is 524 g/mol. The smallest absolute Gasteiger partial charge is 0.292 e. The number of nitrogens with zero attached hydrogens (tertiary/aromatic N) is 6. The van der Waals surface area contributed by atoms with Crippen molar-refractivity contribution in [2.75, 3.05) is 67.1 Å². The summed E-state index contributed by atoms with van der Waals surface area (Å²) in [5.74, 6) is 0. The highest BCUT2D eigenvalue weighted by atomic mass is 32.2. The third-order valence-corrected chi connectivity index (χ3v) is 9.13. The third kappa shape index (κ3) is 5.36. The first-order valence-electron chi connectivity index (χ1n) is 12.6. The van der Waals surface area contributed by atoms with Crippen molar-refractivity contribution in [1.29, 1.82) is 0 Å². The van der Waals surface area contributed by atoms with Crippen LogP contribution >= 0.6 is 0 Å². The maximum Gasteiger partial charge on any atom is 0.292 e. The molecule has 0 N–H and O–H groups in total. The van der Waals surface area contributed by atoms with Crippen LogP contribution in [0.2, 0.25) is 0 Å². The lowest BCUT2D eigenvalue weighted by atomic mass is 10.1. The lowest BCUT2D eigenvalue weighted by Gasteiger charge is -2.38. The zero-order valence-corrected chi connectivity index (χ0v) is 21.9. The average molecular weight is 553 g/mol. The molecule has 0 radical (unpaired) electrons. The molecule has 2 aliphatic heterocycles. The highest BCUT2D eigenvalue weighted by molar-refractivity contribution is 7.89. The normalized spacial score (nSPS) is 16.8. The second kappa shape index (κ2) is 10.9. The number of piperazine rings is 2. The maximum absolute atomic E-state index is 13.2. The SMILES string of the molecule is O=[N+]([O-])c1ccc(N2CCN(S(=O)(=O)c3ccccc3[N+](=O)[O-])CC2)cc1N1CCN(c2ccccc2)CC1. The van der Waals surface area contributed by atoms with E-state index in [-0.39, 0.29) is 28.6 Å². The molecule has 0 unspecified atom stereocenters. The summed E-state index contributed by atoms with van der Waals surface area (Å²) in [6.07, 6.45) is 0. The number of hydrogen-bond acceptors (Lipinski definition) is 9. The van der Waals surface area contributed by atoms with E-state index in [1.165, 1.54) is 34.6 Å². The fourth-order valence-corrected chi connectivity index (χ4v) is 6.69. The number of nitro benzene ring substituents is 2. The Balaban J connectivity index is 1.31. The summed E-state index contributed by atoms with van der Waals surface area (Å²) in [5.41, 5.74) is 2.01. The molecule has 0 bridgehead atoms. The van der Waals surface area contributed by atoms with E-state index >= 15 is 0 Å². The average Bonchev–Trinajstić information content (AvgIpc) is 2.97. The Kier molecular flexibility index (Phi) is 7.35. The molecule has 204 valence electrons. The molecule has 3 aromatic rings. The molecule has 2 saturated heterocycles. The van der Waals surface area contributed by atoms with E-state index in [2.05, 4.69) is 17.0 Å². The van der Waals surface area contributed by atoms with Gasteiger partial charge in [-0.15, -0.1) is 0 Å². The van der Waals surface area contributed by atoms with Crippen molar-refractivity contribution in [1.82, 2.24) is 4.31 Å². The maximum atomic E-state index is 13.2. The second-order valence-corrected chi connectivity index (χ2v) is 11.3. The minimum Gasteiger partial charge on any atom is -0.369 e. The summed E-state index contributed by atoms with van der Waals surface area (Å²) in [7, 11) is -4.05. The molecule has 0 spiro atoms. The fourth-order valence-electron chi connectivity index (χ4n) is 5.11. The van der Waals surface area contributed by atoms with E-state index in [1.807, 2.05) is 34.1 Å². The van der Waals surface area contributed by atoms with Crippen LogP contribution in [0.5, 0.6) is 0 Å². The van der Waals surface area contributed by atoms with Crippen molar-refractivity contribution >= 4 is 38.5 Å². The van der Waals surface area contributed by atoms with Crippen LogP contribution in [0.4, 0.5) is 28.4 Å². The van der Waals surface area contributed by atoms with Crippen molar-refractivity contribution < 1.29 is 18.3 Å². The summed E-state index contributed by atoms with van der Waals surface area (Å²) in [6, 6.07) is 20.4. The number of hydrogen-bond donors (Lipinski definition) is 0. The van der Waals surface area contributed by atoms with Crippen LogP contribution in [0.1, 0.15) is 0 Å². The van der Waals surface area contributed by atoms with Gasteiger partial charge in [-0.2, -0.15) is 4.31 Å². The zero-order valence-electron chi connectivity index (χ0n) is 21.1. The molecule has 3 aromatic carbocycles. The molecule has 2 fully saturated rings. The van der Waals surface area contributed by atoms with Gasteiger partial charge in [0.1, 0.15) is 5.69 Å². The van der Waals surface area contributed by atoms with Gasteiger partial charge in [0, 0.05) is 75.9 Å². The van der Waals surface area contributed by atoms with Gasteiger partial charge in [-0.3, -0.25) is 20.2 Å². The summed E-state index contributed by atoms with van der Waals surface area (Å²) in [4.78, 5) is 28.1. The Morgan fingerprint density at radius 2 is 1.13 bits per heavy atom. The Morgan fingerprint density at radius 1 is 0.590 bits per heavy atom. The number of nitro groups is 2. The van der Waals surface area contributed by atoms with E-state index in [1.54, 1.807) is 6.07 Å². The van der Waals surface area contributed by atoms with Crippen LogP contribution in [0, 0.1) is 20.2 Å². The molecule has 12 nitrogen and oxygen atoms in total. The molecule has 39 heavy (non-hydrogen) atoms. The van der Waals surface area contributed by atoms with Crippen molar-refractivity contribution in [3.8, 4) is 0 Å². The largest absolute Gasteiger partial charge is 0.369 e. The van der Waals surface area contributed by atoms with Gasteiger partial charge < -0.3 is 14.7 Å². The van der Waals surface area contributed by atoms with E-state index in [0.717, 1.165) is 24.5 Å². The molecule has 0 amide bonds. The standard InChI is InChI=1S/C26H28N6O6S/c33-31(34)23-11-10-22(20-25(23)29-14-12-27(13-15-29)21-6-2-1-3-7-21)28-16-18-30(19-17-28)39(37,38)26-9-5-4-8-24(26)32(35)36/h1-11,20H,12-19H2. The molecule has 5 rings (SSSR count). The Hall–Kier alpha value is -4.23. The zero-order chi connectivity index (χ0) is 27.6. The van der Waals surface area contributed by atoms with Crippen molar-refractivity contribution in [3.63, 3.8) is 0 Å². The Morgan fingerprint density at radius 3 is 1.77 bits per heavy atom. The highest BCUT2D eigenvalue weighted by Crippen LogP contribution is 2.35. The van der Waals surface area contributed by atoms with Gasteiger partial charge in [0.05, 0.1) is 9.85 Å². The number of benzene rings is 3. The second-order valence-electron chi connectivity index (χ2n) is 9.36. The minimum atomic E-state index is -4.05. The fraction of sp³-hybridized carbons (Fsp3) is 0.308. The first kappa shape index (κ1) is 26.4. The van der Waals surface area contributed by atoms with Gasteiger partial charge in [0.2, 0.25) is 10.0 Å². The number of sulfonamides is 1. The van der Waals surface area contributed by atoms with Gasteiger partial charge in [-0.25, -0.2) is 8.42 Å². The van der Waals surface area contributed by atoms with Gasteiger partial charge in [-0.1, -0.05) is 30.3 Å². The lowest BCUT2D eigenvalue weighted by molar-refractivity contribution is -0.387. The van der Waals surface area contributed by atoms with E-state index in [4.69, 9.17) is 0 Å². The molecular formula is C26H28N6O6S. The van der Waals surface area contributed by atoms with Crippen LogP contribution in [-0.2, 0) is 10.0 Å². The van der Waals surface area contributed by atoms with Gasteiger partial charge in [0.25, 0.3) is 11.4 Å². The van der Waals surface area contributed by atoms with Crippen molar-refractivity contribution in [3.05, 3.63) is 93.0 Å². The predicted molar refractivity (Wildman–Crippen MR) is 148 cm³/mol. The monoisotopic (exact) mass is 552 g/mol. The topological polar surface area (TPSA) is 133 Å². The summed E-state index contributed by atoms with van der Waals surface area (Å²) >= 11 is 0. The summed E-state index contributed by atoms with van der Waals surface area (Å²) in [6.45, 7) is 3.67. The van der Waals surface area contributed by atoms with Crippen LogP contribution in [0.15, 0.2) is 77.7 Å². The Labute approximate surface area is 226 Å². The van der Waals surface area contributed by atoms with Gasteiger partial charge in [0.15, 0.2) is 4.90 Å². The Bertz CT molecular complexity index is 1470. The van der Waals surface area contributed by atoms with E-state index in [0.29, 0.717) is 31.9 Å². The van der Waals surface area contributed by atoms with Crippen molar-refractivity contribution in [2.45, 2.75) is 4.90 Å². The van der Waals surface area contributed by atoms with Crippen LogP contribution in [0.3, 0.4) is 0 Å². The first-order chi connectivity index (χ1) is 18.8. The molecule has 0 aromatic heterocycles. The molecule has 0 saturated carbocycles. The number of para-hydroxylation sites is 2. The minimum absolute atomic E-state index is 0.0320. The predicted octanol–water partition coefficient (Wildman–Crippen LogP) is 3.34. The molecule has 13 heteroatoms. The van der Waals surface area contributed by atoms with Gasteiger partial charge >= 0.3 is 0 Å². The molecule has 0 atom stereocenters. The third-order valence-electron chi connectivity index (χ3n) is 7.18. The number of anilines is 3. The van der Waals surface area contributed by atoms with Crippen molar-refractivity contribution in [2.24, 2.45) is 0 Å². The molecule has 2 heterocycles. The quantitative estimate of drug-likeness (QED) is 0.320. The van der Waals surface area contributed by atoms with Gasteiger partial charge in [-0.05, 0) is 30.3 Å². The lowest BCUT2D eigenvalue weighted by Crippen LogP contribution is -2.49. The highest BCUT2D eigenvalue weighted by Gasteiger charge is 2.34. The van der Waals surface area contributed by atoms with Crippen LogP contribution in [0.25, 0.3) is 0 Å². The van der Waals surface area contributed by atoms with Crippen LogP contribution < -0.4 is 14.7 Å². The summed E-state index contributed by atoms with van der Waals surface area (Å²) in [5, 5.41) is 23.2. The summed E-state index contributed by atoms with van der Waals surface area (Å²) < 4.78 is 27.6. The molecule has 2 aliphatic rings. The first-order valence-corrected chi connectivity index (χ1v) is 14.0. The van der Waals surface area contributed by atoms with Crippen LogP contribution in [-0.4, -0.2) is 74.9 Å². The van der Waals surface area contributed by atoms with E-state index in [9.17, 15) is 28.6 Å². The van der Waals surface area contributed by atoms with E-state index < -0.39 is 20.6 Å². The molecule has 0 aliphatic carbocycles. The number of rotatable bonds is 7.